The third kappa shape index (κ3) is 10.8. The monoisotopic (exact) mass is 505 g/mol. The van der Waals surface area contributed by atoms with Crippen molar-refractivity contribution in [2.24, 2.45) is 0 Å². The molecular weight excluding hydrogens is 450 g/mol. The summed E-state index contributed by atoms with van der Waals surface area (Å²) < 4.78 is 26.0. The van der Waals surface area contributed by atoms with Crippen LogP contribution in [0.5, 0.6) is 0 Å². The molecule has 1 aliphatic rings. The van der Waals surface area contributed by atoms with Crippen LogP contribution in [0, 0.1) is 0 Å². The Hall–Kier alpha value is -0.980. The molecule has 1 aromatic rings. The van der Waals surface area contributed by atoms with Gasteiger partial charge in [0.15, 0.2) is 0 Å². The van der Waals surface area contributed by atoms with Crippen molar-refractivity contribution in [1.82, 2.24) is 4.90 Å². The number of unbranched alkanes of at least 4 members (excludes halogenated alkanes) is 4. The van der Waals surface area contributed by atoms with E-state index in [9.17, 15) is 0 Å². The molecule has 1 heterocycles. The minimum absolute atomic E-state index is 0.00916. The number of benzene rings is 1. The highest BCUT2D eigenvalue weighted by Gasteiger charge is 2.46. The van der Waals surface area contributed by atoms with Gasteiger partial charge in [-0.3, -0.25) is 4.90 Å². The lowest BCUT2D eigenvalue weighted by Crippen LogP contribution is -2.65. The number of hydrogen-bond acceptors (Lipinski definition) is 5. The van der Waals surface area contributed by atoms with E-state index in [1.807, 2.05) is 0 Å². The summed E-state index contributed by atoms with van der Waals surface area (Å²) in [6.45, 7) is 16.8. The summed E-state index contributed by atoms with van der Waals surface area (Å²) in [5.41, 5.74) is 1.37. The topological polar surface area (TPSA) is 40.2 Å². The van der Waals surface area contributed by atoms with Gasteiger partial charge in [-0.15, -0.1) is 0 Å². The van der Waals surface area contributed by atoms with Gasteiger partial charge < -0.3 is 18.9 Å². The van der Waals surface area contributed by atoms with Gasteiger partial charge in [0.25, 0.3) is 0 Å². The normalized spacial score (nSPS) is 23.7. The molecule has 0 amide bonds. The Balaban J connectivity index is 2.29. The Morgan fingerprint density at radius 3 is 1.92 bits per heavy atom. The van der Waals surface area contributed by atoms with E-state index in [0.717, 1.165) is 90.9 Å². The molecule has 1 fully saturated rings. The van der Waals surface area contributed by atoms with Crippen molar-refractivity contribution >= 4 is 0 Å². The van der Waals surface area contributed by atoms with E-state index in [2.05, 4.69) is 69.9 Å². The minimum Gasteiger partial charge on any atom is -0.380 e. The summed E-state index contributed by atoms with van der Waals surface area (Å²) in [4.78, 5) is 2.58. The van der Waals surface area contributed by atoms with Crippen molar-refractivity contribution < 1.29 is 18.9 Å². The van der Waals surface area contributed by atoms with Crippen molar-refractivity contribution in [3.63, 3.8) is 0 Å². The molecule has 5 atom stereocenters. The molecule has 5 heteroatoms. The average Bonchev–Trinajstić information content (AvgIpc) is 2.89. The van der Waals surface area contributed by atoms with E-state index in [-0.39, 0.29) is 24.4 Å². The van der Waals surface area contributed by atoms with E-state index in [0.29, 0.717) is 12.5 Å². The van der Waals surface area contributed by atoms with Crippen LogP contribution >= 0.6 is 0 Å². The fourth-order valence-corrected chi connectivity index (χ4v) is 4.87. The molecule has 0 aromatic heterocycles. The minimum atomic E-state index is -0.0617. The van der Waals surface area contributed by atoms with E-state index in [4.69, 9.17) is 18.9 Å². The summed E-state index contributed by atoms with van der Waals surface area (Å²) in [6.07, 6.45) is 8.70. The Labute approximate surface area is 222 Å². The fourth-order valence-electron chi connectivity index (χ4n) is 4.87. The first kappa shape index (κ1) is 31.2. The predicted octanol–water partition coefficient (Wildman–Crippen LogP) is 6.85. The number of ether oxygens (including phenoxy) is 4. The second-order valence-corrected chi connectivity index (χ2v) is 10.4. The van der Waals surface area contributed by atoms with E-state index in [1.165, 1.54) is 5.56 Å². The Kier molecular flexibility index (Phi) is 16.6. The molecule has 0 saturated carbocycles. The van der Waals surface area contributed by atoms with Gasteiger partial charge in [-0.2, -0.15) is 0 Å². The summed E-state index contributed by atoms with van der Waals surface area (Å²) in [7, 11) is 0. The highest BCUT2D eigenvalue weighted by Crippen LogP contribution is 2.30. The number of rotatable bonds is 20. The van der Waals surface area contributed by atoms with Crippen LogP contribution in [0.4, 0.5) is 0 Å². The van der Waals surface area contributed by atoms with Gasteiger partial charge >= 0.3 is 0 Å². The molecule has 1 saturated heterocycles. The summed E-state index contributed by atoms with van der Waals surface area (Å²) >= 11 is 0. The Morgan fingerprint density at radius 1 is 0.750 bits per heavy atom. The molecule has 208 valence electrons. The van der Waals surface area contributed by atoms with Crippen molar-refractivity contribution in [3.05, 3.63) is 35.9 Å². The van der Waals surface area contributed by atoms with Gasteiger partial charge in [0, 0.05) is 39.5 Å². The Bertz CT molecular complexity index is 643. The zero-order valence-electron chi connectivity index (χ0n) is 24.0. The summed E-state index contributed by atoms with van der Waals surface area (Å²) in [5.74, 6) is 0.412. The number of hydrogen-bond donors (Lipinski definition) is 0. The molecule has 5 nitrogen and oxygen atoms in total. The SMILES string of the molecule is CCCCOCC1C(OCCCC)C(OCCCC)C(OCCCC)CN1C[C@H](C)c1ccccc1. The van der Waals surface area contributed by atoms with Crippen LogP contribution in [-0.2, 0) is 18.9 Å². The lowest BCUT2D eigenvalue weighted by atomic mass is 9.91. The molecule has 0 radical (unpaired) electrons. The molecule has 4 unspecified atom stereocenters. The van der Waals surface area contributed by atoms with Gasteiger partial charge in [0.05, 0.1) is 18.8 Å². The molecule has 0 spiro atoms. The second kappa shape index (κ2) is 19.1. The van der Waals surface area contributed by atoms with Gasteiger partial charge in [-0.25, -0.2) is 0 Å². The standard InChI is InChI=1S/C31H55NO4/c1-6-10-19-33-25-28-30(35-21-12-8-3)31(36-22-13-9-4)29(34-20-11-7-2)24-32(28)23-26(5)27-17-15-14-16-18-27/h14-18,26,28-31H,6-13,19-25H2,1-5H3/t26-,28?,29?,30?,31?/m0/s1. The average molecular weight is 506 g/mol. The van der Waals surface area contributed by atoms with E-state index in [1.54, 1.807) is 0 Å². The molecule has 0 aliphatic carbocycles. The molecule has 2 rings (SSSR count). The highest BCUT2D eigenvalue weighted by molar-refractivity contribution is 5.19. The highest BCUT2D eigenvalue weighted by atomic mass is 16.6. The van der Waals surface area contributed by atoms with Crippen LogP contribution in [0.1, 0.15) is 97.5 Å². The van der Waals surface area contributed by atoms with Crippen LogP contribution in [0.3, 0.4) is 0 Å². The van der Waals surface area contributed by atoms with Crippen molar-refractivity contribution in [2.75, 3.05) is 46.1 Å². The van der Waals surface area contributed by atoms with Crippen molar-refractivity contribution in [3.8, 4) is 0 Å². The third-order valence-corrected chi connectivity index (χ3v) is 7.21. The van der Waals surface area contributed by atoms with Crippen molar-refractivity contribution in [1.29, 1.82) is 0 Å². The molecular formula is C31H55NO4. The maximum absolute atomic E-state index is 6.66. The van der Waals surface area contributed by atoms with Gasteiger partial charge in [-0.05, 0) is 37.2 Å². The molecule has 0 N–H and O–H groups in total. The summed E-state index contributed by atoms with van der Waals surface area (Å²) in [6, 6.07) is 11.0. The van der Waals surface area contributed by atoms with Crippen LogP contribution < -0.4 is 0 Å². The van der Waals surface area contributed by atoms with Crippen LogP contribution in [0.15, 0.2) is 30.3 Å². The van der Waals surface area contributed by atoms with E-state index >= 15 is 0 Å². The lowest BCUT2D eigenvalue weighted by Gasteiger charge is -2.49. The maximum atomic E-state index is 6.66. The quantitative estimate of drug-likeness (QED) is 0.181. The zero-order chi connectivity index (χ0) is 26.0. The fraction of sp³-hybridized carbons (Fsp3) is 0.806. The van der Waals surface area contributed by atoms with E-state index < -0.39 is 0 Å². The first-order valence-corrected chi connectivity index (χ1v) is 14.9. The van der Waals surface area contributed by atoms with Crippen molar-refractivity contribution in [2.45, 2.75) is 116 Å². The van der Waals surface area contributed by atoms with Gasteiger partial charge in [-0.1, -0.05) is 90.6 Å². The molecule has 1 aromatic carbocycles. The third-order valence-electron chi connectivity index (χ3n) is 7.21. The van der Waals surface area contributed by atoms with Crippen LogP contribution in [0.2, 0.25) is 0 Å². The predicted molar refractivity (Wildman–Crippen MR) is 150 cm³/mol. The Morgan fingerprint density at radius 2 is 1.31 bits per heavy atom. The zero-order valence-corrected chi connectivity index (χ0v) is 24.0. The molecule has 1 aliphatic heterocycles. The molecule has 0 bridgehead atoms. The summed E-state index contributed by atoms with van der Waals surface area (Å²) in [5, 5.41) is 0. The largest absolute Gasteiger partial charge is 0.380 e. The van der Waals surface area contributed by atoms with Gasteiger partial charge in [0.2, 0.25) is 0 Å². The van der Waals surface area contributed by atoms with Crippen LogP contribution in [-0.4, -0.2) is 75.4 Å². The lowest BCUT2D eigenvalue weighted by molar-refractivity contribution is -0.202. The first-order chi connectivity index (χ1) is 17.7. The second-order valence-electron chi connectivity index (χ2n) is 10.4. The number of piperidine rings is 1. The van der Waals surface area contributed by atoms with Crippen LogP contribution in [0.25, 0.3) is 0 Å². The smallest absolute Gasteiger partial charge is 0.113 e. The maximum Gasteiger partial charge on any atom is 0.113 e. The molecule has 36 heavy (non-hydrogen) atoms. The number of nitrogens with zero attached hydrogens (tertiary/aromatic N) is 1. The number of likely N-dealkylation sites (tertiary alicyclic amines) is 1. The van der Waals surface area contributed by atoms with Gasteiger partial charge in [0.1, 0.15) is 12.2 Å². The first-order valence-electron chi connectivity index (χ1n) is 14.9.